The van der Waals surface area contributed by atoms with Crippen LogP contribution in [-0.4, -0.2) is 5.11 Å². The summed E-state index contributed by atoms with van der Waals surface area (Å²) in [6.45, 7) is 2.26. The Bertz CT molecular complexity index is 399. The lowest BCUT2D eigenvalue weighted by molar-refractivity contribution is 0.0724. The number of hydrogen-bond acceptors (Lipinski definition) is 1. The minimum absolute atomic E-state index is 0.366. The number of benzene rings is 1. The first kappa shape index (κ1) is 14.4. The molecule has 0 aliphatic heterocycles. The molecule has 1 atom stereocenters. The van der Waals surface area contributed by atoms with Crippen LogP contribution < -0.4 is 0 Å². The maximum absolute atomic E-state index is 10.5. The zero-order chi connectivity index (χ0) is 13.1. The first-order valence-corrected chi connectivity index (χ1v) is 7.92. The van der Waals surface area contributed by atoms with Crippen LogP contribution in [0.3, 0.4) is 0 Å². The van der Waals surface area contributed by atoms with Crippen molar-refractivity contribution in [1.29, 1.82) is 0 Å². The second-order valence-electron chi connectivity index (χ2n) is 5.30. The van der Waals surface area contributed by atoms with Gasteiger partial charge in [0.15, 0.2) is 0 Å². The van der Waals surface area contributed by atoms with Gasteiger partial charge in [-0.25, -0.2) is 0 Å². The molecule has 18 heavy (non-hydrogen) atoms. The Morgan fingerprint density at radius 2 is 2.00 bits per heavy atom. The van der Waals surface area contributed by atoms with Crippen molar-refractivity contribution >= 4 is 27.5 Å². The van der Waals surface area contributed by atoms with E-state index in [9.17, 15) is 5.11 Å². The molecule has 1 aliphatic carbocycles. The highest BCUT2D eigenvalue weighted by molar-refractivity contribution is 9.10. The molecular weight excluding hydrogens is 312 g/mol. The van der Waals surface area contributed by atoms with Crippen molar-refractivity contribution in [3.05, 3.63) is 33.3 Å². The average Bonchev–Trinajstić information content (AvgIpc) is 2.38. The molecule has 0 spiro atoms. The minimum Gasteiger partial charge on any atom is -0.388 e. The van der Waals surface area contributed by atoms with Gasteiger partial charge in [0.1, 0.15) is 0 Å². The number of hydrogen-bond donors (Lipinski definition) is 1. The van der Waals surface area contributed by atoms with Gasteiger partial charge in [0.2, 0.25) is 0 Å². The Hall–Kier alpha value is -0.0500. The van der Waals surface area contributed by atoms with Crippen LogP contribution in [0.2, 0.25) is 5.02 Å². The smallest absolute Gasteiger partial charge is 0.0829 e. The molecule has 2 rings (SSSR count). The SMILES string of the molecule is CCC1CCC(C(O)c2ccc(Cl)cc2Br)CC1. The fourth-order valence-electron chi connectivity index (χ4n) is 2.91. The van der Waals surface area contributed by atoms with Crippen LogP contribution in [0.25, 0.3) is 0 Å². The largest absolute Gasteiger partial charge is 0.388 e. The van der Waals surface area contributed by atoms with E-state index in [1.807, 2.05) is 18.2 Å². The molecule has 0 saturated heterocycles. The number of halogens is 2. The molecular formula is C15H20BrClO. The summed E-state index contributed by atoms with van der Waals surface area (Å²) in [5.41, 5.74) is 0.972. The van der Waals surface area contributed by atoms with E-state index in [0.29, 0.717) is 10.9 Å². The van der Waals surface area contributed by atoms with Gasteiger partial charge < -0.3 is 5.11 Å². The van der Waals surface area contributed by atoms with E-state index in [0.717, 1.165) is 28.8 Å². The summed E-state index contributed by atoms with van der Waals surface area (Å²) in [5.74, 6) is 1.26. The first-order valence-electron chi connectivity index (χ1n) is 6.74. The minimum atomic E-state index is -0.366. The van der Waals surface area contributed by atoms with Crippen LogP contribution in [0.1, 0.15) is 50.7 Å². The Balaban J connectivity index is 2.05. The van der Waals surface area contributed by atoms with Gasteiger partial charge in [-0.3, -0.25) is 0 Å². The second kappa shape index (κ2) is 6.40. The van der Waals surface area contributed by atoms with Gasteiger partial charge in [-0.15, -0.1) is 0 Å². The predicted octanol–water partition coefficient (Wildman–Crippen LogP) is 5.35. The second-order valence-corrected chi connectivity index (χ2v) is 6.59. The van der Waals surface area contributed by atoms with Gasteiger partial charge in [0, 0.05) is 9.50 Å². The molecule has 3 heteroatoms. The molecule has 1 aromatic carbocycles. The lowest BCUT2D eigenvalue weighted by Gasteiger charge is -2.31. The van der Waals surface area contributed by atoms with Gasteiger partial charge in [0.25, 0.3) is 0 Å². The Morgan fingerprint density at radius 1 is 1.33 bits per heavy atom. The van der Waals surface area contributed by atoms with E-state index < -0.39 is 0 Å². The zero-order valence-electron chi connectivity index (χ0n) is 10.7. The summed E-state index contributed by atoms with van der Waals surface area (Å²) in [4.78, 5) is 0. The van der Waals surface area contributed by atoms with E-state index in [1.54, 1.807) is 0 Å². The monoisotopic (exact) mass is 330 g/mol. The molecule has 1 aromatic rings. The van der Waals surface area contributed by atoms with Crippen LogP contribution >= 0.6 is 27.5 Å². The van der Waals surface area contributed by atoms with Crippen molar-refractivity contribution in [2.24, 2.45) is 11.8 Å². The number of aliphatic hydroxyl groups is 1. The topological polar surface area (TPSA) is 20.2 Å². The van der Waals surface area contributed by atoms with Crippen molar-refractivity contribution in [3.8, 4) is 0 Å². The third-order valence-corrected chi connectivity index (χ3v) is 5.12. The molecule has 0 bridgehead atoms. The van der Waals surface area contributed by atoms with E-state index in [-0.39, 0.29) is 6.10 Å². The molecule has 0 amide bonds. The fourth-order valence-corrected chi connectivity index (χ4v) is 3.82. The molecule has 1 nitrogen and oxygen atoms in total. The fraction of sp³-hybridized carbons (Fsp3) is 0.600. The molecule has 1 aliphatic rings. The van der Waals surface area contributed by atoms with Crippen molar-refractivity contribution < 1.29 is 5.11 Å². The van der Waals surface area contributed by atoms with Crippen molar-refractivity contribution in [2.45, 2.75) is 45.1 Å². The van der Waals surface area contributed by atoms with Crippen molar-refractivity contribution in [3.63, 3.8) is 0 Å². The van der Waals surface area contributed by atoms with Crippen molar-refractivity contribution in [1.82, 2.24) is 0 Å². The highest BCUT2D eigenvalue weighted by atomic mass is 79.9. The van der Waals surface area contributed by atoms with Crippen LogP contribution in [0.5, 0.6) is 0 Å². The summed E-state index contributed by atoms with van der Waals surface area (Å²) in [5, 5.41) is 11.2. The third-order valence-electron chi connectivity index (χ3n) is 4.20. The van der Waals surface area contributed by atoms with Gasteiger partial charge in [0.05, 0.1) is 6.10 Å². The maximum Gasteiger partial charge on any atom is 0.0829 e. The van der Waals surface area contributed by atoms with Crippen LogP contribution in [0.4, 0.5) is 0 Å². The predicted molar refractivity (Wildman–Crippen MR) is 79.9 cm³/mol. The Morgan fingerprint density at radius 3 is 2.56 bits per heavy atom. The Labute approximate surface area is 123 Å². The molecule has 1 saturated carbocycles. The lowest BCUT2D eigenvalue weighted by atomic mass is 9.77. The van der Waals surface area contributed by atoms with Crippen LogP contribution in [-0.2, 0) is 0 Å². The highest BCUT2D eigenvalue weighted by Crippen LogP contribution is 2.40. The molecule has 1 N–H and O–H groups in total. The molecule has 1 unspecified atom stereocenters. The van der Waals surface area contributed by atoms with E-state index in [1.165, 1.54) is 19.3 Å². The van der Waals surface area contributed by atoms with Gasteiger partial charge in [-0.1, -0.05) is 59.8 Å². The van der Waals surface area contributed by atoms with E-state index in [4.69, 9.17) is 11.6 Å². The summed E-state index contributed by atoms with van der Waals surface area (Å²) in [6, 6.07) is 5.64. The van der Waals surface area contributed by atoms with Gasteiger partial charge in [-0.05, 0) is 42.4 Å². The first-order chi connectivity index (χ1) is 8.61. The normalized spacial score (nSPS) is 26.0. The number of rotatable bonds is 3. The molecule has 100 valence electrons. The van der Waals surface area contributed by atoms with Gasteiger partial charge >= 0.3 is 0 Å². The average molecular weight is 332 g/mol. The summed E-state index contributed by atoms with van der Waals surface area (Å²) < 4.78 is 0.917. The highest BCUT2D eigenvalue weighted by Gasteiger charge is 2.27. The maximum atomic E-state index is 10.5. The molecule has 0 aromatic heterocycles. The van der Waals surface area contributed by atoms with Crippen LogP contribution in [0, 0.1) is 11.8 Å². The summed E-state index contributed by atoms with van der Waals surface area (Å²) >= 11 is 9.43. The lowest BCUT2D eigenvalue weighted by Crippen LogP contribution is -2.20. The van der Waals surface area contributed by atoms with Crippen LogP contribution in [0.15, 0.2) is 22.7 Å². The van der Waals surface area contributed by atoms with E-state index in [2.05, 4.69) is 22.9 Å². The standard InChI is InChI=1S/C15H20BrClO/c1-2-10-3-5-11(6-4-10)15(18)13-8-7-12(17)9-14(13)16/h7-11,15,18H,2-6H2,1H3. The van der Waals surface area contributed by atoms with Gasteiger partial charge in [-0.2, -0.15) is 0 Å². The third kappa shape index (κ3) is 3.28. The molecule has 0 heterocycles. The van der Waals surface area contributed by atoms with Crippen molar-refractivity contribution in [2.75, 3.05) is 0 Å². The number of aliphatic hydroxyl groups excluding tert-OH is 1. The Kier molecular flexibility index (Phi) is 5.11. The summed E-state index contributed by atoms with van der Waals surface area (Å²) in [6.07, 6.45) is 5.68. The van der Waals surface area contributed by atoms with E-state index >= 15 is 0 Å². The molecule has 1 fully saturated rings. The quantitative estimate of drug-likeness (QED) is 0.791. The zero-order valence-corrected chi connectivity index (χ0v) is 13.0. The molecule has 0 radical (unpaired) electrons. The summed E-state index contributed by atoms with van der Waals surface area (Å²) in [7, 11) is 0.